The number of likely N-dealkylation sites (tertiary alicyclic amines) is 1. The number of fused-ring (bicyclic) bond motifs is 2. The van der Waals surface area contributed by atoms with E-state index in [1.807, 2.05) is 6.92 Å². The minimum Gasteiger partial charge on any atom is -0.497 e. The van der Waals surface area contributed by atoms with Gasteiger partial charge in [-0.25, -0.2) is 4.79 Å². The number of carbonyl (C=O) groups is 2. The number of aliphatic hydroxyl groups is 3. The van der Waals surface area contributed by atoms with Crippen molar-refractivity contribution in [3.8, 4) is 5.75 Å². The first-order valence-electron chi connectivity index (χ1n) is 16.9. The van der Waals surface area contributed by atoms with Gasteiger partial charge in [-0.15, -0.1) is 0 Å². The zero-order valence-electron chi connectivity index (χ0n) is 28.7. The van der Waals surface area contributed by atoms with E-state index in [0.717, 1.165) is 0 Å². The highest BCUT2D eigenvalue weighted by Gasteiger charge is 2.92. The van der Waals surface area contributed by atoms with Crippen LogP contribution in [0.5, 0.6) is 5.75 Å². The monoisotopic (exact) mass is 675 g/mol. The lowest BCUT2D eigenvalue weighted by molar-refractivity contribution is -0.322. The summed E-state index contributed by atoms with van der Waals surface area (Å²) in [5.74, 6) is -3.23. The van der Waals surface area contributed by atoms with Crippen molar-refractivity contribution in [3.63, 3.8) is 0 Å². The third kappa shape index (κ3) is 3.90. The van der Waals surface area contributed by atoms with Gasteiger partial charge in [0.05, 0.1) is 37.6 Å². The van der Waals surface area contributed by atoms with Crippen molar-refractivity contribution in [2.75, 3.05) is 55.2 Å². The summed E-state index contributed by atoms with van der Waals surface area (Å²) in [5.41, 5.74) is -4.94. The van der Waals surface area contributed by atoms with Gasteiger partial charge in [0.1, 0.15) is 29.7 Å². The van der Waals surface area contributed by atoms with Crippen LogP contribution >= 0.6 is 0 Å². The van der Waals surface area contributed by atoms with Gasteiger partial charge in [0.25, 0.3) is 0 Å². The Kier molecular flexibility index (Phi) is 8.24. The summed E-state index contributed by atoms with van der Waals surface area (Å²) in [5, 5.41) is 37.4. The molecule has 0 amide bonds. The van der Waals surface area contributed by atoms with Crippen molar-refractivity contribution < 1.29 is 58.1 Å². The van der Waals surface area contributed by atoms with E-state index >= 15 is 0 Å². The van der Waals surface area contributed by atoms with Gasteiger partial charge in [0.2, 0.25) is 0 Å². The summed E-state index contributed by atoms with van der Waals surface area (Å²) in [6, 6.07) is 6.10. The number of aliphatic hydroxyl groups excluding tert-OH is 2. The Morgan fingerprint density at radius 1 is 0.979 bits per heavy atom. The van der Waals surface area contributed by atoms with E-state index in [1.165, 1.54) is 21.1 Å². The van der Waals surface area contributed by atoms with Crippen molar-refractivity contribution in [3.05, 3.63) is 29.8 Å². The van der Waals surface area contributed by atoms with E-state index in [1.54, 1.807) is 45.6 Å². The summed E-state index contributed by atoms with van der Waals surface area (Å²) in [6.07, 6.45) is -5.64. The summed E-state index contributed by atoms with van der Waals surface area (Å²) in [7, 11) is 7.77. The number of benzene rings is 1. The Bertz CT molecular complexity index is 1430. The molecule has 266 valence electrons. The maximum atomic E-state index is 13.9. The number of esters is 2. The van der Waals surface area contributed by atoms with Crippen LogP contribution in [0.3, 0.4) is 0 Å². The number of nitrogens with zero attached hydrogens (tertiary/aromatic N) is 1. The Morgan fingerprint density at radius 3 is 2.25 bits per heavy atom. The zero-order chi connectivity index (χ0) is 34.6. The zero-order valence-corrected chi connectivity index (χ0v) is 28.7. The van der Waals surface area contributed by atoms with Crippen LogP contribution < -0.4 is 4.74 Å². The molecule has 15 atom stereocenters. The number of piperidine rings is 1. The molecule has 1 heterocycles. The molecule has 7 bridgehead atoms. The average molecular weight is 676 g/mol. The van der Waals surface area contributed by atoms with Crippen molar-refractivity contribution in [1.29, 1.82) is 0 Å². The van der Waals surface area contributed by atoms with Crippen LogP contribution in [0.15, 0.2) is 24.3 Å². The Balaban J connectivity index is 1.50. The first kappa shape index (κ1) is 34.1. The summed E-state index contributed by atoms with van der Waals surface area (Å²) in [4.78, 5) is 29.5. The molecule has 48 heavy (non-hydrogen) atoms. The second kappa shape index (κ2) is 11.6. The summed E-state index contributed by atoms with van der Waals surface area (Å²) >= 11 is 0. The molecule has 3 N–H and O–H groups in total. The molecule has 5 saturated carbocycles. The average Bonchev–Trinajstić information content (AvgIpc) is 3.44. The van der Waals surface area contributed by atoms with Gasteiger partial charge in [-0.3, -0.25) is 9.69 Å². The van der Waals surface area contributed by atoms with Gasteiger partial charge in [-0.1, -0.05) is 6.92 Å². The van der Waals surface area contributed by atoms with Crippen LogP contribution in [0.25, 0.3) is 0 Å². The molecule has 5 aliphatic carbocycles. The molecule has 0 aromatic heterocycles. The lowest BCUT2D eigenvalue weighted by Crippen LogP contribution is -2.81. The van der Waals surface area contributed by atoms with Gasteiger partial charge < -0.3 is 48.5 Å². The standard InChI is InChI=1S/C35H49NO12/c1-8-36-15-32(16-42-3)21(38)13-22(44-5)34-20-14-33(41)29(47-31(40)18-9-11-19(43-4)12-10-18)23(20)35(48-17(2)37,28(39)30(33)46-7)24(27(34)36)25(45-6)26(32)34/h9-12,20-30,38-39,41H,8,13-16H2,1-7H3/t20-,21-,22+,23-,24-,25-,26-,27-,28+,29+,30+,32+,33-,34-,35-/m1/s1. The third-order valence-electron chi connectivity index (χ3n) is 13.5. The Labute approximate surface area is 280 Å². The summed E-state index contributed by atoms with van der Waals surface area (Å²) < 4.78 is 42.7. The van der Waals surface area contributed by atoms with E-state index in [-0.39, 0.29) is 24.6 Å². The molecule has 1 aromatic rings. The fourth-order valence-electron chi connectivity index (χ4n) is 12.5. The minimum absolute atomic E-state index is 0.0591. The van der Waals surface area contributed by atoms with Crippen molar-refractivity contribution in [2.45, 2.75) is 80.6 Å². The molecule has 0 unspecified atom stereocenters. The van der Waals surface area contributed by atoms with Crippen LogP contribution in [0.1, 0.15) is 37.0 Å². The van der Waals surface area contributed by atoms with Crippen LogP contribution in [0, 0.1) is 34.5 Å². The maximum absolute atomic E-state index is 13.9. The molecular formula is C35H49NO12. The largest absolute Gasteiger partial charge is 0.497 e. The number of hydrogen-bond acceptors (Lipinski definition) is 13. The summed E-state index contributed by atoms with van der Waals surface area (Å²) in [6.45, 7) is 4.64. The van der Waals surface area contributed by atoms with Crippen LogP contribution in [-0.2, 0) is 33.2 Å². The minimum atomic E-state index is -1.86. The Hall–Kier alpha value is -2.36. The normalized spacial score (nSPS) is 48.2. The van der Waals surface area contributed by atoms with E-state index in [4.69, 9.17) is 33.2 Å². The van der Waals surface area contributed by atoms with Crippen LogP contribution in [0.2, 0.25) is 0 Å². The molecular weight excluding hydrogens is 626 g/mol. The number of rotatable bonds is 10. The predicted molar refractivity (Wildman–Crippen MR) is 167 cm³/mol. The predicted octanol–water partition coefficient (Wildman–Crippen LogP) is 0.657. The number of ether oxygens (including phenoxy) is 7. The van der Waals surface area contributed by atoms with Crippen molar-refractivity contribution in [2.24, 2.45) is 34.5 Å². The molecule has 1 aliphatic heterocycles. The smallest absolute Gasteiger partial charge is 0.338 e. The van der Waals surface area contributed by atoms with Gasteiger partial charge in [0, 0.05) is 83.0 Å². The number of methoxy groups -OCH3 is 5. The second-order valence-electron chi connectivity index (χ2n) is 14.8. The first-order valence-corrected chi connectivity index (χ1v) is 16.9. The molecule has 6 fully saturated rings. The fourth-order valence-corrected chi connectivity index (χ4v) is 12.5. The molecule has 1 aromatic carbocycles. The third-order valence-corrected chi connectivity index (χ3v) is 13.5. The number of hydrogen-bond donors (Lipinski definition) is 3. The maximum Gasteiger partial charge on any atom is 0.338 e. The highest BCUT2D eigenvalue weighted by atomic mass is 16.6. The van der Waals surface area contributed by atoms with E-state index < -0.39 is 94.3 Å². The highest BCUT2D eigenvalue weighted by molar-refractivity contribution is 5.89. The first-order chi connectivity index (χ1) is 22.9. The number of carbonyl (C=O) groups excluding carboxylic acids is 2. The Morgan fingerprint density at radius 2 is 1.69 bits per heavy atom. The van der Waals surface area contributed by atoms with E-state index in [2.05, 4.69) is 4.90 Å². The quantitative estimate of drug-likeness (QED) is 0.297. The fraction of sp³-hybridized carbons (Fsp3) is 0.771. The lowest BCUT2D eigenvalue weighted by atomic mass is 9.42. The molecule has 1 saturated heterocycles. The molecule has 6 aliphatic rings. The SMILES string of the molecule is CCN1C[C@]2(COC)[C@H](O)C[C@H](OC)[C@]34[C@@H]5C[C@@]6(O)[C@@H](OC(=O)c7ccc(OC)cc7)[C@@H]5[C@@](OC(C)=O)([C@H]([C@@H](OC)[C@H]23)[C@@H]14)[C@@H](O)[C@@H]6OC. The van der Waals surface area contributed by atoms with Gasteiger partial charge in [-0.05, 0) is 43.1 Å². The van der Waals surface area contributed by atoms with Gasteiger partial charge >= 0.3 is 11.9 Å². The molecule has 7 rings (SSSR count). The van der Waals surface area contributed by atoms with E-state index in [0.29, 0.717) is 25.3 Å². The van der Waals surface area contributed by atoms with Crippen molar-refractivity contribution >= 4 is 11.9 Å². The topological polar surface area (TPSA) is 163 Å². The molecule has 13 heteroatoms. The van der Waals surface area contributed by atoms with Crippen molar-refractivity contribution in [1.82, 2.24) is 4.90 Å². The second-order valence-corrected chi connectivity index (χ2v) is 14.8. The molecule has 0 radical (unpaired) electrons. The van der Waals surface area contributed by atoms with Crippen LogP contribution in [-0.4, -0.2) is 141 Å². The highest BCUT2D eigenvalue weighted by Crippen LogP contribution is 2.80. The molecule has 1 spiro atoms. The molecule has 13 nitrogen and oxygen atoms in total. The van der Waals surface area contributed by atoms with E-state index in [9.17, 15) is 24.9 Å². The van der Waals surface area contributed by atoms with Gasteiger partial charge in [-0.2, -0.15) is 0 Å². The van der Waals surface area contributed by atoms with Crippen LogP contribution in [0.4, 0.5) is 0 Å². The van der Waals surface area contributed by atoms with Gasteiger partial charge in [0.15, 0.2) is 5.60 Å². The lowest BCUT2D eigenvalue weighted by Gasteiger charge is -2.70.